The lowest BCUT2D eigenvalue weighted by Gasteiger charge is -2.00. The summed E-state index contributed by atoms with van der Waals surface area (Å²) in [6.45, 7) is 6.48. The van der Waals surface area contributed by atoms with E-state index in [1.165, 1.54) is 11.1 Å². The third kappa shape index (κ3) is 2.88. The fourth-order valence-electron chi connectivity index (χ4n) is 1.11. The molecule has 1 aromatic rings. The molecule has 1 nitrogen and oxygen atoms in total. The van der Waals surface area contributed by atoms with Crippen LogP contribution in [0.1, 0.15) is 18.1 Å². The van der Waals surface area contributed by atoms with Gasteiger partial charge in [0.05, 0.1) is 0 Å². The van der Waals surface area contributed by atoms with E-state index in [0.29, 0.717) is 6.54 Å². The maximum atomic E-state index is 5.37. The highest BCUT2D eigenvalue weighted by Gasteiger charge is 1.92. The molecule has 0 aliphatic carbocycles. The number of nitrogens with two attached hydrogens (primary N) is 1. The number of allylic oxidation sites excluding steroid dienone is 1. The molecule has 0 amide bonds. The molecule has 0 saturated heterocycles. The first kappa shape index (κ1) is 9.75. The van der Waals surface area contributed by atoms with Crippen LogP contribution in [0.25, 0.3) is 11.6 Å². The van der Waals surface area contributed by atoms with Crippen molar-refractivity contribution >= 4 is 11.6 Å². The van der Waals surface area contributed by atoms with E-state index in [4.69, 9.17) is 5.73 Å². The first-order valence-electron chi connectivity index (χ1n) is 4.36. The van der Waals surface area contributed by atoms with Crippen molar-refractivity contribution in [3.8, 4) is 0 Å². The van der Waals surface area contributed by atoms with Gasteiger partial charge in [-0.15, -0.1) is 0 Å². The molecule has 68 valence electrons. The summed E-state index contributed by atoms with van der Waals surface area (Å²) in [7, 11) is 0. The monoisotopic (exact) mass is 173 g/mol. The van der Waals surface area contributed by atoms with E-state index in [1.54, 1.807) is 0 Å². The molecule has 0 radical (unpaired) electrons. The van der Waals surface area contributed by atoms with Crippen LogP contribution in [0.4, 0.5) is 0 Å². The van der Waals surface area contributed by atoms with Gasteiger partial charge in [0.1, 0.15) is 0 Å². The van der Waals surface area contributed by atoms with E-state index in [9.17, 15) is 0 Å². The third-order valence-electron chi connectivity index (χ3n) is 1.83. The molecule has 1 rings (SSSR count). The summed E-state index contributed by atoms with van der Waals surface area (Å²) < 4.78 is 0. The Balaban J connectivity index is 2.92. The fourth-order valence-corrected chi connectivity index (χ4v) is 1.11. The lowest BCUT2D eigenvalue weighted by molar-refractivity contribution is 1.26. The molecular formula is C12H15N. The van der Waals surface area contributed by atoms with Crippen molar-refractivity contribution in [2.75, 3.05) is 6.54 Å². The molecule has 13 heavy (non-hydrogen) atoms. The Morgan fingerprint density at radius 1 is 1.54 bits per heavy atom. The van der Waals surface area contributed by atoms with Gasteiger partial charge >= 0.3 is 0 Å². The predicted molar refractivity (Wildman–Crippen MR) is 59.2 cm³/mol. The Hall–Kier alpha value is -1.34. The molecule has 1 heteroatoms. The molecule has 2 N–H and O–H groups in total. The Labute approximate surface area is 79.6 Å². The van der Waals surface area contributed by atoms with Crippen LogP contribution in [-0.4, -0.2) is 6.54 Å². The lowest BCUT2D eigenvalue weighted by Crippen LogP contribution is -1.91. The topological polar surface area (TPSA) is 26.0 Å². The highest BCUT2D eigenvalue weighted by Crippen LogP contribution is 2.13. The number of hydrogen-bond donors (Lipinski definition) is 1. The Morgan fingerprint density at radius 3 is 2.92 bits per heavy atom. The van der Waals surface area contributed by atoms with E-state index in [2.05, 4.69) is 24.8 Å². The molecular weight excluding hydrogens is 158 g/mol. The molecule has 0 aliphatic rings. The highest BCUT2D eigenvalue weighted by atomic mass is 14.5. The van der Waals surface area contributed by atoms with Crippen molar-refractivity contribution in [3.63, 3.8) is 0 Å². The van der Waals surface area contributed by atoms with Gasteiger partial charge in [-0.1, -0.05) is 42.5 Å². The normalized spacial score (nSPS) is 10.6. The van der Waals surface area contributed by atoms with Crippen molar-refractivity contribution in [2.45, 2.75) is 6.92 Å². The zero-order valence-electron chi connectivity index (χ0n) is 7.96. The average Bonchev–Trinajstić information content (AvgIpc) is 2.15. The predicted octanol–water partition coefficient (Wildman–Crippen LogP) is 2.69. The summed E-state index contributed by atoms with van der Waals surface area (Å²) in [5, 5.41) is 0. The van der Waals surface area contributed by atoms with Crippen LogP contribution in [0.3, 0.4) is 0 Å². The lowest BCUT2D eigenvalue weighted by atomic mass is 10.1. The minimum Gasteiger partial charge on any atom is -0.327 e. The smallest absolute Gasteiger partial charge is 0.0110 e. The standard InChI is InChI=1S/C12H15N/c1-10(2)12-7-3-5-11(9-12)6-4-8-13/h3-7,9H,1,8,13H2,2H3/b6-4+. The SMILES string of the molecule is C=C(C)c1cccc(/C=C/CN)c1. The summed E-state index contributed by atoms with van der Waals surface area (Å²) in [5.41, 5.74) is 8.81. The second-order valence-corrected chi connectivity index (χ2v) is 3.04. The van der Waals surface area contributed by atoms with Gasteiger partial charge in [0.25, 0.3) is 0 Å². The summed E-state index contributed by atoms with van der Waals surface area (Å²) in [6, 6.07) is 8.25. The van der Waals surface area contributed by atoms with E-state index in [-0.39, 0.29) is 0 Å². The minimum absolute atomic E-state index is 0.581. The zero-order chi connectivity index (χ0) is 9.68. The van der Waals surface area contributed by atoms with Gasteiger partial charge in [0, 0.05) is 6.54 Å². The third-order valence-corrected chi connectivity index (χ3v) is 1.83. The van der Waals surface area contributed by atoms with Gasteiger partial charge in [-0.25, -0.2) is 0 Å². The second kappa shape index (κ2) is 4.63. The number of rotatable bonds is 3. The summed E-state index contributed by atoms with van der Waals surface area (Å²) in [5.74, 6) is 0. The number of benzene rings is 1. The molecule has 0 fully saturated rings. The first-order chi connectivity index (χ1) is 6.24. The van der Waals surface area contributed by atoms with Crippen LogP contribution in [0, 0.1) is 0 Å². The summed E-state index contributed by atoms with van der Waals surface area (Å²) in [6.07, 6.45) is 3.96. The molecule has 1 aromatic carbocycles. The maximum Gasteiger partial charge on any atom is 0.0110 e. The molecule has 0 heterocycles. The molecule has 0 saturated carbocycles. The minimum atomic E-state index is 0.581. The highest BCUT2D eigenvalue weighted by molar-refractivity contribution is 5.64. The quantitative estimate of drug-likeness (QED) is 0.747. The average molecular weight is 173 g/mol. The Bertz CT molecular complexity index is 324. The molecule has 0 unspecified atom stereocenters. The van der Waals surface area contributed by atoms with Crippen molar-refractivity contribution in [2.24, 2.45) is 5.73 Å². The Morgan fingerprint density at radius 2 is 2.31 bits per heavy atom. The van der Waals surface area contributed by atoms with Crippen molar-refractivity contribution in [3.05, 3.63) is 48.0 Å². The van der Waals surface area contributed by atoms with Crippen LogP contribution < -0.4 is 5.73 Å². The van der Waals surface area contributed by atoms with Gasteiger partial charge in [-0.05, 0) is 24.1 Å². The van der Waals surface area contributed by atoms with Crippen molar-refractivity contribution in [1.29, 1.82) is 0 Å². The summed E-state index contributed by atoms with van der Waals surface area (Å²) in [4.78, 5) is 0. The zero-order valence-corrected chi connectivity index (χ0v) is 7.96. The van der Waals surface area contributed by atoms with E-state index < -0.39 is 0 Å². The van der Waals surface area contributed by atoms with Crippen LogP contribution in [0.5, 0.6) is 0 Å². The first-order valence-corrected chi connectivity index (χ1v) is 4.36. The molecule has 0 aliphatic heterocycles. The molecule has 0 spiro atoms. The largest absolute Gasteiger partial charge is 0.327 e. The number of hydrogen-bond acceptors (Lipinski definition) is 1. The van der Waals surface area contributed by atoms with Gasteiger partial charge in [0.2, 0.25) is 0 Å². The van der Waals surface area contributed by atoms with Crippen molar-refractivity contribution < 1.29 is 0 Å². The second-order valence-electron chi connectivity index (χ2n) is 3.04. The van der Waals surface area contributed by atoms with E-state index in [1.807, 2.05) is 25.1 Å². The van der Waals surface area contributed by atoms with Crippen LogP contribution >= 0.6 is 0 Å². The fraction of sp³-hybridized carbons (Fsp3) is 0.167. The maximum absolute atomic E-state index is 5.37. The van der Waals surface area contributed by atoms with Gasteiger partial charge in [0.15, 0.2) is 0 Å². The van der Waals surface area contributed by atoms with Crippen LogP contribution in [-0.2, 0) is 0 Å². The van der Waals surface area contributed by atoms with Gasteiger partial charge < -0.3 is 5.73 Å². The summed E-state index contributed by atoms with van der Waals surface area (Å²) >= 11 is 0. The molecule has 0 bridgehead atoms. The van der Waals surface area contributed by atoms with Gasteiger partial charge in [-0.2, -0.15) is 0 Å². The van der Waals surface area contributed by atoms with Gasteiger partial charge in [-0.3, -0.25) is 0 Å². The Kier molecular flexibility index (Phi) is 3.47. The molecule has 0 aromatic heterocycles. The van der Waals surface area contributed by atoms with E-state index in [0.717, 1.165) is 5.57 Å². The van der Waals surface area contributed by atoms with E-state index >= 15 is 0 Å². The van der Waals surface area contributed by atoms with Crippen LogP contribution in [0.2, 0.25) is 0 Å². The van der Waals surface area contributed by atoms with Crippen molar-refractivity contribution in [1.82, 2.24) is 0 Å². The van der Waals surface area contributed by atoms with Crippen LogP contribution in [0.15, 0.2) is 36.9 Å². The molecule has 0 atom stereocenters.